The van der Waals surface area contributed by atoms with Crippen LogP contribution >= 0.6 is 0 Å². The smallest absolute Gasteiger partial charge is 0.245 e. The second-order valence-corrected chi connectivity index (χ2v) is 7.32. The largest absolute Gasteiger partial charge is 0.388 e. The van der Waals surface area contributed by atoms with Crippen LogP contribution in [0.5, 0.6) is 0 Å². The number of nitrogens with one attached hydrogen (secondary N) is 1. The van der Waals surface area contributed by atoms with E-state index in [1.807, 2.05) is 26.8 Å². The molecule has 0 saturated carbocycles. The van der Waals surface area contributed by atoms with Crippen LogP contribution in [0.1, 0.15) is 47.0 Å². The van der Waals surface area contributed by atoms with Gasteiger partial charge in [0, 0.05) is 26.1 Å². The zero-order valence-electron chi connectivity index (χ0n) is 18.5. The molecule has 0 aromatic heterocycles. The third-order valence-corrected chi connectivity index (χ3v) is 5.12. The highest BCUT2D eigenvalue weighted by Crippen LogP contribution is 2.37. The summed E-state index contributed by atoms with van der Waals surface area (Å²) in [6, 6.07) is -0.101. The number of hydrogen-bond acceptors (Lipinski definition) is 6. The van der Waals surface area contributed by atoms with Crippen LogP contribution < -0.4 is 5.43 Å². The number of hydrazine groups is 1. The Bertz CT molecular complexity index is 580. The molecular weight excluding hydrogens is 380 g/mol. The van der Waals surface area contributed by atoms with Crippen LogP contribution in [0.4, 0.5) is 8.78 Å². The Morgan fingerprint density at radius 2 is 2.14 bits per heavy atom. The highest BCUT2D eigenvalue weighted by molar-refractivity contribution is 5.87. The van der Waals surface area contributed by atoms with Crippen LogP contribution in [0.15, 0.2) is 21.9 Å². The molecule has 0 aliphatic carbocycles. The Kier molecular flexibility index (Phi) is 10.3. The minimum absolute atomic E-state index is 0.160. The first-order valence-corrected chi connectivity index (χ1v) is 10.3. The minimum atomic E-state index is -2.74. The molecule has 2 heterocycles. The van der Waals surface area contributed by atoms with Gasteiger partial charge in [-0.3, -0.25) is 5.43 Å². The molecular formula is C20H37F2N5O2. The third kappa shape index (κ3) is 7.40. The molecule has 168 valence electrons. The van der Waals surface area contributed by atoms with Gasteiger partial charge < -0.3 is 14.7 Å². The SMILES string of the molecule is C=N/C(CO)=N\C(=C\C(CCC(C)(F)F)N(C)NC)N1CC2OC(C)CC21.CC. The number of aliphatic imine (C=N–C) groups is 2. The summed E-state index contributed by atoms with van der Waals surface area (Å²) in [6.07, 6.45) is 3.09. The molecule has 2 aliphatic heterocycles. The molecule has 0 aromatic carbocycles. The van der Waals surface area contributed by atoms with Gasteiger partial charge in [-0.1, -0.05) is 13.8 Å². The highest BCUT2D eigenvalue weighted by atomic mass is 19.3. The maximum atomic E-state index is 13.4. The van der Waals surface area contributed by atoms with Crippen molar-refractivity contribution in [2.45, 2.75) is 77.2 Å². The van der Waals surface area contributed by atoms with E-state index >= 15 is 0 Å². The average molecular weight is 418 g/mol. The van der Waals surface area contributed by atoms with Crippen molar-refractivity contribution in [1.82, 2.24) is 15.3 Å². The number of hydrogen-bond donors (Lipinski definition) is 2. The molecule has 0 amide bonds. The van der Waals surface area contributed by atoms with Crippen molar-refractivity contribution in [2.75, 3.05) is 27.2 Å². The number of likely N-dealkylation sites (tertiary alicyclic amines) is 1. The molecule has 29 heavy (non-hydrogen) atoms. The first kappa shape index (κ1) is 25.6. The van der Waals surface area contributed by atoms with E-state index in [0.717, 1.165) is 13.3 Å². The van der Waals surface area contributed by atoms with Gasteiger partial charge in [-0.2, -0.15) is 0 Å². The molecule has 2 aliphatic rings. The molecule has 0 aromatic rings. The monoisotopic (exact) mass is 417 g/mol. The van der Waals surface area contributed by atoms with Crippen molar-refractivity contribution in [2.24, 2.45) is 9.98 Å². The summed E-state index contributed by atoms with van der Waals surface area (Å²) in [5, 5.41) is 11.2. The molecule has 0 radical (unpaired) electrons. The van der Waals surface area contributed by atoms with Gasteiger partial charge in [-0.25, -0.2) is 23.8 Å². The predicted octanol–water partition coefficient (Wildman–Crippen LogP) is 2.68. The van der Waals surface area contributed by atoms with Crippen LogP contribution in [-0.4, -0.2) is 85.0 Å². The van der Waals surface area contributed by atoms with Crippen molar-refractivity contribution in [3.8, 4) is 0 Å². The van der Waals surface area contributed by atoms with Crippen LogP contribution in [0.25, 0.3) is 0 Å². The molecule has 2 saturated heterocycles. The van der Waals surface area contributed by atoms with E-state index in [0.29, 0.717) is 12.4 Å². The van der Waals surface area contributed by atoms with E-state index in [2.05, 4.69) is 27.0 Å². The average Bonchev–Trinajstić information content (AvgIpc) is 2.97. The Morgan fingerprint density at radius 1 is 1.48 bits per heavy atom. The van der Waals surface area contributed by atoms with Gasteiger partial charge in [-0.15, -0.1) is 0 Å². The predicted molar refractivity (Wildman–Crippen MR) is 113 cm³/mol. The van der Waals surface area contributed by atoms with Crippen LogP contribution in [0.2, 0.25) is 0 Å². The summed E-state index contributed by atoms with van der Waals surface area (Å²) in [5.74, 6) is -1.93. The Labute approximate surface area is 173 Å². The summed E-state index contributed by atoms with van der Waals surface area (Å²) in [6.45, 7) is 10.7. The summed E-state index contributed by atoms with van der Waals surface area (Å²) in [4.78, 5) is 10.3. The second-order valence-electron chi connectivity index (χ2n) is 7.32. The zero-order valence-corrected chi connectivity index (χ0v) is 18.5. The van der Waals surface area contributed by atoms with E-state index in [4.69, 9.17) is 4.74 Å². The van der Waals surface area contributed by atoms with Crippen molar-refractivity contribution in [3.05, 3.63) is 11.9 Å². The molecule has 4 unspecified atom stereocenters. The van der Waals surface area contributed by atoms with Crippen molar-refractivity contribution < 1.29 is 18.6 Å². The lowest BCUT2D eigenvalue weighted by atomic mass is 9.97. The molecule has 4 atom stereocenters. The summed E-state index contributed by atoms with van der Waals surface area (Å²) < 4.78 is 32.6. The quantitative estimate of drug-likeness (QED) is 0.343. The van der Waals surface area contributed by atoms with Gasteiger partial charge in [-0.05, 0) is 46.5 Å². The number of aliphatic hydroxyl groups is 1. The molecule has 7 nitrogen and oxygen atoms in total. The molecule has 0 spiro atoms. The first-order chi connectivity index (χ1) is 13.7. The summed E-state index contributed by atoms with van der Waals surface area (Å²) in [7, 11) is 3.54. The first-order valence-electron chi connectivity index (χ1n) is 10.3. The van der Waals surface area contributed by atoms with Gasteiger partial charge in [0.05, 0.1) is 18.2 Å². The highest BCUT2D eigenvalue weighted by Gasteiger charge is 2.47. The van der Waals surface area contributed by atoms with Gasteiger partial charge in [0.1, 0.15) is 12.4 Å². The lowest BCUT2D eigenvalue weighted by molar-refractivity contribution is -0.0394. The van der Waals surface area contributed by atoms with Crippen LogP contribution in [-0.2, 0) is 4.74 Å². The normalized spacial score (nSPS) is 25.9. The Balaban J connectivity index is 0.00000204. The summed E-state index contributed by atoms with van der Waals surface area (Å²) in [5.41, 5.74) is 2.98. The zero-order chi connectivity index (χ0) is 22.2. The second kappa shape index (κ2) is 11.7. The topological polar surface area (TPSA) is 72.7 Å². The standard InChI is InChI=1S/C18H31F2N5O2.C2H6/c1-12-8-14-15(27-12)10-25(14)17(23-16(11-26)21-3)9-13(24(5)22-4)6-7-18(2,19)20;1-2/h9,12-15,22,26H,3,6-8,10-11H2,1-2,4-5H3;1-2H3/b17-9-,23-16-;. The number of ether oxygens (including phenoxy) is 1. The van der Waals surface area contributed by atoms with Gasteiger partial charge in [0.25, 0.3) is 0 Å². The van der Waals surface area contributed by atoms with E-state index in [1.165, 1.54) is 0 Å². The van der Waals surface area contributed by atoms with E-state index in [1.54, 1.807) is 19.1 Å². The number of alkyl halides is 2. The number of amidine groups is 1. The van der Waals surface area contributed by atoms with Crippen LogP contribution in [0.3, 0.4) is 0 Å². The number of likely N-dealkylation sites (N-methyl/N-ethyl adjacent to an activating group) is 1. The fourth-order valence-corrected chi connectivity index (χ4v) is 3.46. The maximum Gasteiger partial charge on any atom is 0.245 e. The number of rotatable bonds is 9. The van der Waals surface area contributed by atoms with Gasteiger partial charge in [0.15, 0.2) is 5.84 Å². The van der Waals surface area contributed by atoms with Gasteiger partial charge >= 0.3 is 0 Å². The molecule has 2 N–H and O–H groups in total. The Morgan fingerprint density at radius 3 is 2.62 bits per heavy atom. The third-order valence-electron chi connectivity index (χ3n) is 5.12. The van der Waals surface area contributed by atoms with E-state index in [9.17, 15) is 13.9 Å². The lowest BCUT2D eigenvalue weighted by Crippen LogP contribution is -2.56. The number of nitrogens with zero attached hydrogens (tertiary/aromatic N) is 4. The molecule has 2 rings (SSSR count). The van der Waals surface area contributed by atoms with E-state index in [-0.39, 0.29) is 49.6 Å². The maximum absolute atomic E-state index is 13.4. The molecule has 9 heteroatoms. The van der Waals surface area contributed by atoms with Crippen LogP contribution in [0, 0.1) is 0 Å². The fourth-order valence-electron chi connectivity index (χ4n) is 3.46. The Hall–Kier alpha value is -1.42. The van der Waals surface area contributed by atoms with Crippen molar-refractivity contribution in [3.63, 3.8) is 0 Å². The number of aliphatic hydroxyl groups excluding tert-OH is 1. The minimum Gasteiger partial charge on any atom is -0.388 e. The van der Waals surface area contributed by atoms with Crippen molar-refractivity contribution >= 4 is 12.6 Å². The fraction of sp³-hybridized carbons (Fsp3) is 0.800. The summed E-state index contributed by atoms with van der Waals surface area (Å²) >= 11 is 0. The van der Waals surface area contributed by atoms with Gasteiger partial charge in [0.2, 0.25) is 5.92 Å². The van der Waals surface area contributed by atoms with Crippen molar-refractivity contribution in [1.29, 1.82) is 0 Å². The molecule has 0 bridgehead atoms. The number of halogens is 2. The molecule has 2 fully saturated rings. The lowest BCUT2D eigenvalue weighted by Gasteiger charge is -2.45. The van der Waals surface area contributed by atoms with E-state index < -0.39 is 5.92 Å². The number of fused-ring (bicyclic) bond motifs is 1.